The van der Waals surface area contributed by atoms with E-state index < -0.39 is 16.8 Å². The van der Waals surface area contributed by atoms with E-state index in [0.29, 0.717) is 11.4 Å². The number of nitro groups is 1. The predicted octanol–water partition coefficient (Wildman–Crippen LogP) is 3.47. The Kier molecular flexibility index (Phi) is 6.05. The topological polar surface area (TPSA) is 90.1 Å². The van der Waals surface area contributed by atoms with Crippen molar-refractivity contribution >= 4 is 23.4 Å². The number of nitrogens with zero attached hydrogens (tertiary/aromatic N) is 3. The third-order valence-electron chi connectivity index (χ3n) is 4.06. The van der Waals surface area contributed by atoms with Gasteiger partial charge in [-0.2, -0.15) is 0 Å². The van der Waals surface area contributed by atoms with E-state index in [1.807, 2.05) is 0 Å². The molecular formula is C19H17FN4O3S. The number of aromatic nitrogens is 2. The van der Waals surface area contributed by atoms with Crippen molar-refractivity contribution in [2.45, 2.75) is 10.9 Å². The first-order chi connectivity index (χ1) is 13.5. The summed E-state index contributed by atoms with van der Waals surface area (Å²) in [6.07, 6.45) is 3.31. The maximum absolute atomic E-state index is 14.3. The highest BCUT2D eigenvalue weighted by Crippen LogP contribution is 2.25. The monoisotopic (exact) mass is 400 g/mol. The van der Waals surface area contributed by atoms with Crippen molar-refractivity contribution in [2.75, 3.05) is 5.75 Å². The summed E-state index contributed by atoms with van der Waals surface area (Å²) >= 11 is 1.24. The number of imidazole rings is 1. The molecule has 0 aliphatic carbocycles. The van der Waals surface area contributed by atoms with Crippen LogP contribution in [0.1, 0.15) is 17.4 Å². The average molecular weight is 400 g/mol. The second-order valence-corrected chi connectivity index (χ2v) is 7.01. The number of halogens is 1. The average Bonchev–Trinajstić information content (AvgIpc) is 3.11. The van der Waals surface area contributed by atoms with Crippen LogP contribution in [0.25, 0.3) is 0 Å². The third-order valence-corrected chi connectivity index (χ3v) is 5.07. The normalized spacial score (nSPS) is 11.8. The molecule has 144 valence electrons. The number of benzene rings is 2. The SMILES string of the molecule is Cn1ccnc1C(NC(=O)CSc1ccc([N+](=O)[O-])cc1)c1ccccc1F. The number of nitro benzene ring substituents is 1. The van der Waals surface area contributed by atoms with E-state index in [9.17, 15) is 19.3 Å². The lowest BCUT2D eigenvalue weighted by atomic mass is 10.1. The van der Waals surface area contributed by atoms with E-state index >= 15 is 0 Å². The minimum atomic E-state index is -0.730. The molecular weight excluding hydrogens is 383 g/mol. The van der Waals surface area contributed by atoms with Crippen LogP contribution in [0.4, 0.5) is 10.1 Å². The molecule has 1 aromatic heterocycles. The lowest BCUT2D eigenvalue weighted by Gasteiger charge is -2.19. The van der Waals surface area contributed by atoms with Gasteiger partial charge in [0, 0.05) is 42.0 Å². The van der Waals surface area contributed by atoms with Crippen LogP contribution in [0.2, 0.25) is 0 Å². The molecule has 1 unspecified atom stereocenters. The Morgan fingerprint density at radius 3 is 2.61 bits per heavy atom. The van der Waals surface area contributed by atoms with Crippen molar-refractivity contribution in [3.63, 3.8) is 0 Å². The Morgan fingerprint density at radius 1 is 1.29 bits per heavy atom. The van der Waals surface area contributed by atoms with Crippen molar-refractivity contribution in [3.05, 3.63) is 88.2 Å². The van der Waals surface area contributed by atoms with Crippen molar-refractivity contribution in [1.82, 2.24) is 14.9 Å². The lowest BCUT2D eigenvalue weighted by molar-refractivity contribution is -0.384. The summed E-state index contributed by atoms with van der Waals surface area (Å²) in [6, 6.07) is 11.4. The van der Waals surface area contributed by atoms with E-state index in [4.69, 9.17) is 0 Å². The van der Waals surface area contributed by atoms with E-state index in [1.54, 1.807) is 54.3 Å². The van der Waals surface area contributed by atoms with Crippen molar-refractivity contribution in [3.8, 4) is 0 Å². The van der Waals surface area contributed by atoms with Crippen molar-refractivity contribution in [2.24, 2.45) is 7.05 Å². The highest BCUT2D eigenvalue weighted by atomic mass is 32.2. The van der Waals surface area contributed by atoms with Crippen LogP contribution in [-0.4, -0.2) is 26.1 Å². The van der Waals surface area contributed by atoms with Crippen LogP contribution in [0, 0.1) is 15.9 Å². The summed E-state index contributed by atoms with van der Waals surface area (Å²) in [4.78, 5) is 27.7. The minimum absolute atomic E-state index is 0.0109. The molecule has 0 aliphatic heterocycles. The number of carbonyl (C=O) groups is 1. The molecule has 0 spiro atoms. The molecule has 3 aromatic rings. The lowest BCUT2D eigenvalue weighted by Crippen LogP contribution is -2.32. The van der Waals surface area contributed by atoms with Crippen molar-refractivity contribution in [1.29, 1.82) is 0 Å². The summed E-state index contributed by atoms with van der Waals surface area (Å²) in [7, 11) is 1.77. The van der Waals surface area contributed by atoms with Gasteiger partial charge in [-0.05, 0) is 18.2 Å². The number of rotatable bonds is 7. The summed E-state index contributed by atoms with van der Waals surface area (Å²) in [5.74, 6) is -0.148. The molecule has 7 nitrogen and oxygen atoms in total. The number of carbonyl (C=O) groups excluding carboxylic acids is 1. The molecule has 2 aromatic carbocycles. The first-order valence-corrected chi connectivity index (χ1v) is 9.32. The number of hydrogen-bond acceptors (Lipinski definition) is 5. The van der Waals surface area contributed by atoms with Gasteiger partial charge in [-0.15, -0.1) is 11.8 Å². The largest absolute Gasteiger partial charge is 0.341 e. The number of nitrogens with one attached hydrogen (secondary N) is 1. The molecule has 1 heterocycles. The Labute approximate surface area is 164 Å². The van der Waals surface area contributed by atoms with Gasteiger partial charge < -0.3 is 9.88 Å². The third kappa shape index (κ3) is 4.55. The zero-order valence-electron chi connectivity index (χ0n) is 14.9. The van der Waals surface area contributed by atoms with Crippen LogP contribution in [0.3, 0.4) is 0 Å². The fourth-order valence-electron chi connectivity index (χ4n) is 2.66. The van der Waals surface area contributed by atoms with Crippen LogP contribution in [0.15, 0.2) is 65.8 Å². The van der Waals surface area contributed by atoms with E-state index in [2.05, 4.69) is 10.3 Å². The van der Waals surface area contributed by atoms with Gasteiger partial charge >= 0.3 is 0 Å². The molecule has 1 amide bonds. The van der Waals surface area contributed by atoms with Crippen LogP contribution < -0.4 is 5.32 Å². The standard InChI is InChI=1S/C19H17FN4O3S/c1-23-11-10-21-19(23)18(15-4-2-3-5-16(15)20)22-17(25)12-28-14-8-6-13(7-9-14)24(26)27/h2-11,18H,12H2,1H3,(H,22,25). The zero-order valence-corrected chi connectivity index (χ0v) is 15.7. The number of hydrogen-bond donors (Lipinski definition) is 1. The van der Waals surface area contributed by atoms with Crippen LogP contribution in [0.5, 0.6) is 0 Å². The maximum atomic E-state index is 14.3. The second kappa shape index (κ2) is 8.66. The van der Waals surface area contributed by atoms with Gasteiger partial charge in [-0.25, -0.2) is 9.37 Å². The molecule has 1 N–H and O–H groups in total. The highest BCUT2D eigenvalue weighted by Gasteiger charge is 2.23. The van der Waals surface area contributed by atoms with E-state index in [-0.39, 0.29) is 17.3 Å². The summed E-state index contributed by atoms with van der Waals surface area (Å²) < 4.78 is 16.0. The fourth-order valence-corrected chi connectivity index (χ4v) is 3.37. The number of thioether (sulfide) groups is 1. The van der Waals surface area contributed by atoms with Gasteiger partial charge in [0.05, 0.1) is 10.7 Å². The second-order valence-electron chi connectivity index (χ2n) is 5.96. The summed E-state index contributed by atoms with van der Waals surface area (Å²) in [6.45, 7) is 0. The number of non-ortho nitro benzene ring substituents is 1. The van der Waals surface area contributed by atoms with Gasteiger partial charge in [0.1, 0.15) is 17.7 Å². The van der Waals surface area contributed by atoms with Crippen molar-refractivity contribution < 1.29 is 14.1 Å². The van der Waals surface area contributed by atoms with Crippen LogP contribution in [-0.2, 0) is 11.8 Å². The fraction of sp³-hybridized carbons (Fsp3) is 0.158. The zero-order chi connectivity index (χ0) is 20.1. The first-order valence-electron chi connectivity index (χ1n) is 8.34. The Bertz CT molecular complexity index is 991. The number of aryl methyl sites for hydroxylation is 1. The summed E-state index contributed by atoms with van der Waals surface area (Å²) in [5.41, 5.74) is 0.314. The Balaban J connectivity index is 1.72. The van der Waals surface area contributed by atoms with Gasteiger partial charge in [-0.1, -0.05) is 18.2 Å². The predicted molar refractivity (Wildman–Crippen MR) is 103 cm³/mol. The van der Waals surface area contributed by atoms with Gasteiger partial charge in [0.25, 0.3) is 5.69 Å². The van der Waals surface area contributed by atoms with Gasteiger partial charge in [0.15, 0.2) is 0 Å². The van der Waals surface area contributed by atoms with E-state index in [1.165, 1.54) is 30.0 Å². The quantitative estimate of drug-likeness (QED) is 0.373. The molecule has 0 saturated carbocycles. The minimum Gasteiger partial charge on any atom is -0.341 e. The number of amides is 1. The molecule has 9 heteroatoms. The Hall–Kier alpha value is -3.20. The van der Waals surface area contributed by atoms with Gasteiger partial charge in [0.2, 0.25) is 5.91 Å². The Morgan fingerprint density at radius 2 is 2.00 bits per heavy atom. The van der Waals surface area contributed by atoms with E-state index in [0.717, 1.165) is 4.90 Å². The molecule has 28 heavy (non-hydrogen) atoms. The molecule has 0 aliphatic rings. The van der Waals surface area contributed by atoms with Gasteiger partial charge in [-0.3, -0.25) is 14.9 Å². The van der Waals surface area contributed by atoms with Crippen LogP contribution >= 0.6 is 11.8 Å². The molecule has 3 rings (SSSR count). The molecule has 0 fully saturated rings. The molecule has 0 saturated heterocycles. The maximum Gasteiger partial charge on any atom is 0.269 e. The molecule has 1 atom stereocenters. The highest BCUT2D eigenvalue weighted by molar-refractivity contribution is 8.00. The smallest absolute Gasteiger partial charge is 0.269 e. The molecule has 0 bridgehead atoms. The first kappa shape index (κ1) is 19.6. The summed E-state index contributed by atoms with van der Waals surface area (Å²) in [5, 5.41) is 13.5. The molecule has 0 radical (unpaired) electrons.